The van der Waals surface area contributed by atoms with E-state index in [1.54, 1.807) is 17.4 Å². The second kappa shape index (κ2) is 15.1. The number of nitrogens with zero attached hydrogens (tertiary/aromatic N) is 1. The smallest absolute Gasteiger partial charge is 0.407 e. The number of hydrogen-bond donors (Lipinski definition) is 3. The van der Waals surface area contributed by atoms with Crippen molar-refractivity contribution >= 4 is 29.3 Å². The van der Waals surface area contributed by atoms with Crippen LogP contribution in [0.1, 0.15) is 35.4 Å². The van der Waals surface area contributed by atoms with E-state index in [0.717, 1.165) is 17.3 Å². The highest BCUT2D eigenvalue weighted by molar-refractivity contribution is 6.30. The lowest BCUT2D eigenvalue weighted by molar-refractivity contribution is -0.124. The van der Waals surface area contributed by atoms with Gasteiger partial charge in [0.2, 0.25) is 5.91 Å². The number of nitrogens with one attached hydrogen (secondary N) is 3. The molecule has 0 unspecified atom stereocenters. The topological polar surface area (TPSA) is 102 Å². The van der Waals surface area contributed by atoms with Crippen molar-refractivity contribution in [2.45, 2.75) is 43.5 Å². The summed E-state index contributed by atoms with van der Waals surface area (Å²) in [5, 5.41) is 8.16. The Labute approximate surface area is 251 Å². The van der Waals surface area contributed by atoms with Crippen molar-refractivity contribution in [3.8, 4) is 0 Å². The van der Waals surface area contributed by atoms with Crippen LogP contribution in [0.4, 0.5) is 28.0 Å². The van der Waals surface area contributed by atoms with E-state index in [1.807, 2.05) is 42.5 Å². The van der Waals surface area contributed by atoms with E-state index in [1.165, 1.54) is 6.20 Å². The van der Waals surface area contributed by atoms with Gasteiger partial charge in [0.25, 0.3) is 0 Å². The third kappa shape index (κ3) is 10.2. The van der Waals surface area contributed by atoms with Gasteiger partial charge >= 0.3 is 12.3 Å². The van der Waals surface area contributed by atoms with Crippen molar-refractivity contribution in [2.75, 3.05) is 31.6 Å². The zero-order chi connectivity index (χ0) is 30.8. The van der Waals surface area contributed by atoms with Crippen molar-refractivity contribution in [3.63, 3.8) is 0 Å². The highest BCUT2D eigenvalue weighted by atomic mass is 35.5. The van der Waals surface area contributed by atoms with Crippen LogP contribution in [0.25, 0.3) is 0 Å². The summed E-state index contributed by atoms with van der Waals surface area (Å²) < 4.78 is 62.0. The molecule has 1 fully saturated rings. The van der Waals surface area contributed by atoms with Gasteiger partial charge in [0.1, 0.15) is 19.0 Å². The van der Waals surface area contributed by atoms with E-state index < -0.39 is 30.7 Å². The number of halogens is 5. The molecule has 4 rings (SSSR count). The van der Waals surface area contributed by atoms with Gasteiger partial charge in [-0.3, -0.25) is 9.78 Å². The first-order valence-corrected chi connectivity index (χ1v) is 14.0. The van der Waals surface area contributed by atoms with Crippen molar-refractivity contribution in [1.29, 1.82) is 0 Å². The van der Waals surface area contributed by atoms with E-state index in [-0.39, 0.29) is 49.7 Å². The number of morpholine rings is 1. The van der Waals surface area contributed by atoms with Gasteiger partial charge in [0, 0.05) is 29.5 Å². The summed E-state index contributed by atoms with van der Waals surface area (Å²) in [4.78, 5) is 28.6. The van der Waals surface area contributed by atoms with Gasteiger partial charge in [0.15, 0.2) is 0 Å². The molecular formula is C30H31ClF4N4O4. The van der Waals surface area contributed by atoms with E-state index in [2.05, 4.69) is 15.6 Å². The average molecular weight is 623 g/mol. The fraction of sp³-hybridized carbons (Fsp3) is 0.367. The van der Waals surface area contributed by atoms with Gasteiger partial charge in [-0.2, -0.15) is 13.2 Å². The highest BCUT2D eigenvalue weighted by Gasteiger charge is 2.29. The van der Waals surface area contributed by atoms with Crippen LogP contribution in [-0.4, -0.2) is 61.6 Å². The van der Waals surface area contributed by atoms with Crippen LogP contribution in [-0.2, 0) is 20.7 Å². The summed E-state index contributed by atoms with van der Waals surface area (Å²) >= 11 is 6.06. The molecule has 0 bridgehead atoms. The molecule has 1 saturated heterocycles. The zero-order valence-electron chi connectivity index (χ0n) is 23.0. The Bertz CT molecular complexity index is 1350. The Morgan fingerprint density at radius 2 is 1.81 bits per heavy atom. The minimum absolute atomic E-state index is 0.106. The number of hydrogen-bond acceptors (Lipinski definition) is 6. The maximum Gasteiger partial charge on any atom is 0.407 e. The van der Waals surface area contributed by atoms with Gasteiger partial charge in [-0.25, -0.2) is 9.18 Å². The molecule has 2 heterocycles. The summed E-state index contributed by atoms with van der Waals surface area (Å²) in [5.41, 5.74) is 2.43. The predicted molar refractivity (Wildman–Crippen MR) is 152 cm³/mol. The molecule has 3 aromatic rings. The molecule has 1 aromatic heterocycles. The molecule has 13 heteroatoms. The SMILES string of the molecule is O=C(C[C@H](c1ccccc1)c1ccc(Cl)cc1)Nc1cncc(F)c1CC[C@@H]1CN[C@H](COC(=O)NCC(F)(F)F)CO1. The first-order chi connectivity index (χ1) is 20.6. The zero-order valence-corrected chi connectivity index (χ0v) is 23.8. The maximum absolute atomic E-state index is 14.9. The largest absolute Gasteiger partial charge is 0.448 e. The van der Waals surface area contributed by atoms with Crippen LogP contribution in [0.2, 0.25) is 5.02 Å². The summed E-state index contributed by atoms with van der Waals surface area (Å²) in [6, 6.07) is 16.5. The number of pyridine rings is 1. The van der Waals surface area contributed by atoms with E-state index in [4.69, 9.17) is 21.1 Å². The molecule has 0 aliphatic carbocycles. The van der Waals surface area contributed by atoms with Crippen LogP contribution in [0, 0.1) is 5.82 Å². The first-order valence-electron chi connectivity index (χ1n) is 13.6. The fourth-order valence-corrected chi connectivity index (χ4v) is 4.81. The third-order valence-corrected chi connectivity index (χ3v) is 7.13. The second-order valence-corrected chi connectivity index (χ2v) is 10.5. The highest BCUT2D eigenvalue weighted by Crippen LogP contribution is 2.30. The Hall–Kier alpha value is -3.74. The van der Waals surface area contributed by atoms with Crippen LogP contribution >= 0.6 is 11.6 Å². The molecule has 230 valence electrons. The number of benzene rings is 2. The molecule has 3 atom stereocenters. The van der Waals surface area contributed by atoms with Crippen LogP contribution in [0.3, 0.4) is 0 Å². The Balaban J connectivity index is 1.30. The number of rotatable bonds is 11. The predicted octanol–water partition coefficient (Wildman–Crippen LogP) is 5.61. The van der Waals surface area contributed by atoms with Crippen molar-refractivity contribution in [2.24, 2.45) is 0 Å². The number of alkyl carbamates (subject to hydrolysis) is 1. The van der Waals surface area contributed by atoms with Gasteiger partial charge in [-0.05, 0) is 36.1 Å². The number of ether oxygens (including phenoxy) is 2. The molecule has 0 saturated carbocycles. The summed E-state index contributed by atoms with van der Waals surface area (Å²) in [6.45, 7) is -1.16. The molecular weight excluding hydrogens is 592 g/mol. The maximum atomic E-state index is 14.9. The number of alkyl halides is 3. The monoisotopic (exact) mass is 622 g/mol. The van der Waals surface area contributed by atoms with Gasteiger partial charge in [-0.1, -0.05) is 54.1 Å². The first kappa shape index (κ1) is 32.2. The standard InChI is InChI=1S/C30H31ClF4N4O4/c31-21-8-6-20(7-9-21)25(19-4-2-1-3-5-19)12-28(40)39-27-15-36-14-26(32)24(27)11-10-23-13-37-22(16-42-23)17-43-29(41)38-18-30(33,34)35/h1-9,14-15,22-23,25,37H,10-13,16-18H2,(H,38,41)(H,39,40)/t22-,23+,25+/m0/s1. The van der Waals surface area contributed by atoms with Crippen molar-refractivity contribution in [3.05, 3.63) is 94.5 Å². The van der Waals surface area contributed by atoms with Crippen molar-refractivity contribution in [1.82, 2.24) is 15.6 Å². The number of anilines is 1. The molecule has 2 aromatic carbocycles. The van der Waals surface area contributed by atoms with E-state index >= 15 is 0 Å². The van der Waals surface area contributed by atoms with Gasteiger partial charge in [0.05, 0.1) is 36.8 Å². The van der Waals surface area contributed by atoms with Crippen LogP contribution in [0.15, 0.2) is 67.0 Å². The molecule has 0 radical (unpaired) electrons. The quantitative estimate of drug-likeness (QED) is 0.240. The number of carbonyl (C=O) groups is 2. The summed E-state index contributed by atoms with van der Waals surface area (Å²) in [7, 11) is 0. The lowest BCUT2D eigenvalue weighted by Gasteiger charge is -2.30. The Kier molecular flexibility index (Phi) is 11.3. The fourth-order valence-electron chi connectivity index (χ4n) is 4.68. The molecule has 2 amide bonds. The molecule has 1 aliphatic rings. The molecule has 0 spiro atoms. The number of aromatic nitrogens is 1. The Morgan fingerprint density at radius 3 is 2.49 bits per heavy atom. The van der Waals surface area contributed by atoms with E-state index in [0.29, 0.717) is 23.6 Å². The normalized spacial score (nSPS) is 17.6. The summed E-state index contributed by atoms with van der Waals surface area (Å²) in [6.07, 6.45) is -2.75. The van der Waals surface area contributed by atoms with Gasteiger partial charge in [-0.15, -0.1) is 0 Å². The van der Waals surface area contributed by atoms with Crippen molar-refractivity contribution < 1.29 is 36.6 Å². The molecule has 1 aliphatic heterocycles. The Morgan fingerprint density at radius 1 is 1.09 bits per heavy atom. The number of amides is 2. The van der Waals surface area contributed by atoms with Crippen LogP contribution in [0.5, 0.6) is 0 Å². The number of carbonyl (C=O) groups excluding carboxylic acids is 2. The second-order valence-electron chi connectivity index (χ2n) is 10.1. The molecule has 3 N–H and O–H groups in total. The van der Waals surface area contributed by atoms with Gasteiger partial charge < -0.3 is 25.4 Å². The lowest BCUT2D eigenvalue weighted by Crippen LogP contribution is -2.49. The average Bonchev–Trinajstić information content (AvgIpc) is 2.99. The lowest BCUT2D eigenvalue weighted by atomic mass is 9.88. The van der Waals surface area contributed by atoms with Crippen LogP contribution < -0.4 is 16.0 Å². The molecule has 43 heavy (non-hydrogen) atoms. The van der Waals surface area contributed by atoms with E-state index in [9.17, 15) is 27.2 Å². The minimum atomic E-state index is -4.53. The minimum Gasteiger partial charge on any atom is -0.448 e. The third-order valence-electron chi connectivity index (χ3n) is 6.88. The summed E-state index contributed by atoms with van der Waals surface area (Å²) in [5.74, 6) is -1.12. The molecule has 8 nitrogen and oxygen atoms in total.